The Bertz CT molecular complexity index is 498. The lowest BCUT2D eigenvalue weighted by Gasteiger charge is -2.14. The highest BCUT2D eigenvalue weighted by molar-refractivity contribution is 6.35. The lowest BCUT2D eigenvalue weighted by molar-refractivity contribution is -0.139. The Morgan fingerprint density at radius 1 is 1.05 bits per heavy atom. The molecule has 0 aliphatic carbocycles. The van der Waals surface area contributed by atoms with Crippen molar-refractivity contribution in [1.82, 2.24) is 10.6 Å². The van der Waals surface area contributed by atoms with E-state index in [0.29, 0.717) is 12.5 Å². The highest BCUT2D eigenvalue weighted by Gasteiger charge is 2.13. The zero-order chi connectivity index (χ0) is 16.5. The molecule has 0 aliphatic heterocycles. The number of benzene rings is 1. The molecule has 0 atom stereocenters. The minimum Gasteiger partial charge on any atom is -0.491 e. The molecule has 5 heteroatoms. The van der Waals surface area contributed by atoms with Gasteiger partial charge in [-0.1, -0.05) is 32.0 Å². The van der Waals surface area contributed by atoms with Crippen LogP contribution in [0.15, 0.2) is 24.3 Å². The Kier molecular flexibility index (Phi) is 7.43. The summed E-state index contributed by atoms with van der Waals surface area (Å²) in [6.07, 6.45) is 0.903. The molecule has 5 nitrogen and oxygen atoms in total. The minimum atomic E-state index is -0.622. The van der Waals surface area contributed by atoms with Gasteiger partial charge in [-0.25, -0.2) is 0 Å². The van der Waals surface area contributed by atoms with E-state index < -0.39 is 11.8 Å². The number of carbonyl (C=O) groups excluding carboxylic acids is 2. The van der Waals surface area contributed by atoms with Crippen LogP contribution in [0.2, 0.25) is 0 Å². The summed E-state index contributed by atoms with van der Waals surface area (Å²) < 4.78 is 5.68. The van der Waals surface area contributed by atoms with Crippen molar-refractivity contribution < 1.29 is 14.3 Å². The molecule has 2 N–H and O–H groups in total. The molecular formula is C17H26N2O3. The second-order valence-electron chi connectivity index (χ2n) is 5.90. The minimum absolute atomic E-state index is 0.0520. The molecule has 0 spiro atoms. The van der Waals surface area contributed by atoms with Crippen LogP contribution in [-0.2, 0) is 16.1 Å². The van der Waals surface area contributed by atoms with Crippen LogP contribution in [0.3, 0.4) is 0 Å². The van der Waals surface area contributed by atoms with Crippen molar-refractivity contribution in [2.75, 3.05) is 6.54 Å². The lowest BCUT2D eigenvalue weighted by atomic mass is 10.1. The molecule has 22 heavy (non-hydrogen) atoms. The third-order valence-electron chi connectivity index (χ3n) is 2.99. The molecule has 0 radical (unpaired) electrons. The Hall–Kier alpha value is -2.04. The number of amides is 2. The third kappa shape index (κ3) is 6.61. The van der Waals surface area contributed by atoms with Gasteiger partial charge in [-0.3, -0.25) is 9.59 Å². The molecule has 0 aromatic heterocycles. The van der Waals surface area contributed by atoms with Gasteiger partial charge in [0, 0.05) is 18.7 Å². The van der Waals surface area contributed by atoms with E-state index in [2.05, 4.69) is 24.5 Å². The van der Waals surface area contributed by atoms with E-state index in [1.807, 2.05) is 38.1 Å². The Morgan fingerprint density at radius 2 is 1.68 bits per heavy atom. The summed E-state index contributed by atoms with van der Waals surface area (Å²) in [5.41, 5.74) is 0.847. The van der Waals surface area contributed by atoms with Gasteiger partial charge in [0.25, 0.3) is 0 Å². The number of hydrogen-bond donors (Lipinski definition) is 2. The average molecular weight is 306 g/mol. The number of nitrogens with one attached hydrogen (secondary N) is 2. The van der Waals surface area contributed by atoms with Crippen molar-refractivity contribution in [3.8, 4) is 5.75 Å². The highest BCUT2D eigenvalue weighted by Crippen LogP contribution is 2.18. The summed E-state index contributed by atoms with van der Waals surface area (Å²) in [6.45, 7) is 8.79. The van der Waals surface area contributed by atoms with Gasteiger partial charge < -0.3 is 15.4 Å². The van der Waals surface area contributed by atoms with E-state index in [-0.39, 0.29) is 12.6 Å². The second-order valence-corrected chi connectivity index (χ2v) is 5.90. The normalized spacial score (nSPS) is 10.6. The van der Waals surface area contributed by atoms with Crippen molar-refractivity contribution in [3.63, 3.8) is 0 Å². The Balaban J connectivity index is 2.48. The molecule has 2 amide bonds. The summed E-state index contributed by atoms with van der Waals surface area (Å²) in [5, 5.41) is 5.23. The fourth-order valence-corrected chi connectivity index (χ4v) is 1.83. The summed E-state index contributed by atoms with van der Waals surface area (Å²) in [4.78, 5) is 23.4. The van der Waals surface area contributed by atoms with Crippen molar-refractivity contribution in [2.45, 2.75) is 46.8 Å². The average Bonchev–Trinajstić information content (AvgIpc) is 2.44. The molecule has 0 unspecified atom stereocenters. The molecule has 1 rings (SSSR count). The molecule has 0 saturated carbocycles. The SMILES string of the molecule is CC(C)CCNC(=O)C(=O)NCc1ccccc1OC(C)C. The maximum Gasteiger partial charge on any atom is 0.309 e. The molecule has 1 aromatic carbocycles. The standard InChI is InChI=1S/C17H26N2O3/c1-12(2)9-10-18-16(20)17(21)19-11-14-7-5-6-8-15(14)22-13(3)4/h5-8,12-13H,9-11H2,1-4H3,(H,18,20)(H,19,21). The predicted octanol–water partition coefficient (Wildman–Crippen LogP) is 2.25. The van der Waals surface area contributed by atoms with Crippen molar-refractivity contribution in [3.05, 3.63) is 29.8 Å². The molecule has 0 heterocycles. The van der Waals surface area contributed by atoms with Gasteiger partial charge in [0.2, 0.25) is 0 Å². The third-order valence-corrected chi connectivity index (χ3v) is 2.99. The van der Waals surface area contributed by atoms with E-state index in [1.165, 1.54) is 0 Å². The fraction of sp³-hybridized carbons (Fsp3) is 0.529. The molecule has 0 bridgehead atoms. The largest absolute Gasteiger partial charge is 0.491 e. The Morgan fingerprint density at radius 3 is 2.32 bits per heavy atom. The first-order chi connectivity index (χ1) is 10.4. The summed E-state index contributed by atoms with van der Waals surface area (Å²) in [5.74, 6) is -0.00699. The first-order valence-electron chi connectivity index (χ1n) is 7.70. The van der Waals surface area contributed by atoms with Gasteiger partial charge in [0.15, 0.2) is 0 Å². The maximum atomic E-state index is 11.8. The van der Waals surface area contributed by atoms with Gasteiger partial charge in [-0.15, -0.1) is 0 Å². The van der Waals surface area contributed by atoms with Crippen LogP contribution in [0.25, 0.3) is 0 Å². The molecular weight excluding hydrogens is 280 g/mol. The lowest BCUT2D eigenvalue weighted by Crippen LogP contribution is -2.40. The van der Waals surface area contributed by atoms with Crippen LogP contribution in [0, 0.1) is 5.92 Å². The number of ether oxygens (including phenoxy) is 1. The van der Waals surface area contributed by atoms with Crippen LogP contribution in [0.5, 0.6) is 5.75 Å². The number of para-hydroxylation sites is 1. The van der Waals surface area contributed by atoms with Crippen LogP contribution in [0.1, 0.15) is 39.7 Å². The van der Waals surface area contributed by atoms with Gasteiger partial charge >= 0.3 is 11.8 Å². The Labute approximate surface area is 132 Å². The summed E-state index contributed by atoms with van der Waals surface area (Å²) >= 11 is 0. The van der Waals surface area contributed by atoms with Crippen molar-refractivity contribution >= 4 is 11.8 Å². The molecule has 0 aliphatic rings. The van der Waals surface area contributed by atoms with Crippen molar-refractivity contribution in [1.29, 1.82) is 0 Å². The first-order valence-corrected chi connectivity index (χ1v) is 7.70. The van der Waals surface area contributed by atoms with Crippen LogP contribution in [0.4, 0.5) is 0 Å². The van der Waals surface area contributed by atoms with E-state index in [1.54, 1.807) is 0 Å². The van der Waals surface area contributed by atoms with Crippen LogP contribution >= 0.6 is 0 Å². The van der Waals surface area contributed by atoms with Crippen LogP contribution in [-0.4, -0.2) is 24.5 Å². The van der Waals surface area contributed by atoms with Gasteiger partial charge in [-0.05, 0) is 32.3 Å². The zero-order valence-electron chi connectivity index (χ0n) is 13.8. The topological polar surface area (TPSA) is 67.4 Å². The molecule has 0 saturated heterocycles. The summed E-state index contributed by atoms with van der Waals surface area (Å²) in [7, 11) is 0. The zero-order valence-corrected chi connectivity index (χ0v) is 13.8. The second kappa shape index (κ2) is 9.07. The maximum absolute atomic E-state index is 11.8. The first kappa shape index (κ1) is 18.0. The molecule has 1 aromatic rings. The van der Waals surface area contributed by atoms with E-state index in [0.717, 1.165) is 17.7 Å². The molecule has 0 fully saturated rings. The van der Waals surface area contributed by atoms with E-state index in [4.69, 9.17) is 4.74 Å². The van der Waals surface area contributed by atoms with Gasteiger partial charge in [0.1, 0.15) is 5.75 Å². The molecule has 122 valence electrons. The summed E-state index contributed by atoms with van der Waals surface area (Å²) in [6, 6.07) is 7.47. The highest BCUT2D eigenvalue weighted by atomic mass is 16.5. The quantitative estimate of drug-likeness (QED) is 0.759. The van der Waals surface area contributed by atoms with E-state index in [9.17, 15) is 9.59 Å². The monoisotopic (exact) mass is 306 g/mol. The van der Waals surface area contributed by atoms with Gasteiger partial charge in [0.05, 0.1) is 6.10 Å². The van der Waals surface area contributed by atoms with Crippen molar-refractivity contribution in [2.24, 2.45) is 5.92 Å². The predicted molar refractivity (Wildman–Crippen MR) is 86.5 cm³/mol. The van der Waals surface area contributed by atoms with E-state index >= 15 is 0 Å². The van der Waals surface area contributed by atoms with Gasteiger partial charge in [-0.2, -0.15) is 0 Å². The van der Waals surface area contributed by atoms with Crippen LogP contribution < -0.4 is 15.4 Å². The number of rotatable bonds is 7. The number of hydrogen-bond acceptors (Lipinski definition) is 3. The number of carbonyl (C=O) groups is 2. The smallest absolute Gasteiger partial charge is 0.309 e. The fourth-order valence-electron chi connectivity index (χ4n) is 1.83.